The van der Waals surface area contributed by atoms with E-state index in [1.54, 1.807) is 25.3 Å². The molecule has 1 saturated carbocycles. The van der Waals surface area contributed by atoms with Crippen molar-refractivity contribution < 1.29 is 14.3 Å². The van der Waals surface area contributed by atoms with E-state index in [0.29, 0.717) is 16.3 Å². The van der Waals surface area contributed by atoms with Crippen molar-refractivity contribution in [1.29, 1.82) is 0 Å². The first-order chi connectivity index (χ1) is 15.0. The largest absolute Gasteiger partial charge is 0.497 e. The number of carbonyl (C=O) groups excluding carboxylic acids is 2. The summed E-state index contributed by atoms with van der Waals surface area (Å²) in [6.07, 6.45) is 5.31. The molecule has 1 unspecified atom stereocenters. The van der Waals surface area contributed by atoms with Crippen LogP contribution in [0.3, 0.4) is 0 Å². The molecule has 0 aromatic heterocycles. The van der Waals surface area contributed by atoms with Gasteiger partial charge >= 0.3 is 0 Å². The molecule has 31 heavy (non-hydrogen) atoms. The van der Waals surface area contributed by atoms with E-state index in [4.69, 9.17) is 27.9 Å². The van der Waals surface area contributed by atoms with E-state index in [9.17, 15) is 9.59 Å². The Hall–Kier alpha value is -2.24. The lowest BCUT2D eigenvalue weighted by Crippen LogP contribution is -2.47. The van der Waals surface area contributed by atoms with Crippen molar-refractivity contribution in [2.24, 2.45) is 0 Å². The lowest BCUT2D eigenvalue weighted by Gasteiger charge is -2.33. The van der Waals surface area contributed by atoms with Gasteiger partial charge in [-0.25, -0.2) is 0 Å². The van der Waals surface area contributed by atoms with Gasteiger partial charge in [0.05, 0.1) is 7.11 Å². The maximum Gasteiger partial charge on any atom is 0.247 e. The molecule has 1 N–H and O–H groups in total. The molecule has 1 atom stereocenters. The number of halogens is 2. The predicted molar refractivity (Wildman–Crippen MR) is 123 cm³/mol. The highest BCUT2D eigenvalue weighted by Gasteiger charge is 2.33. The Morgan fingerprint density at radius 1 is 1.13 bits per heavy atom. The topological polar surface area (TPSA) is 58.6 Å². The van der Waals surface area contributed by atoms with Crippen molar-refractivity contribution in [2.45, 2.75) is 50.7 Å². The number of hydrogen-bond donors (Lipinski definition) is 1. The van der Waals surface area contributed by atoms with Crippen molar-refractivity contribution in [3.63, 3.8) is 0 Å². The number of ether oxygens (including phenoxy) is 1. The molecule has 0 heterocycles. The third-order valence-electron chi connectivity index (χ3n) is 5.62. The summed E-state index contributed by atoms with van der Waals surface area (Å²) in [5, 5.41) is 3.78. The van der Waals surface area contributed by atoms with E-state index >= 15 is 0 Å². The maximum absolute atomic E-state index is 13.5. The van der Waals surface area contributed by atoms with Gasteiger partial charge in [0.25, 0.3) is 0 Å². The van der Waals surface area contributed by atoms with Crippen LogP contribution in [-0.2, 0) is 16.1 Å². The Kier molecular flexibility index (Phi) is 8.61. The smallest absolute Gasteiger partial charge is 0.247 e. The van der Waals surface area contributed by atoms with Gasteiger partial charge in [-0.15, -0.1) is 11.6 Å². The minimum absolute atomic E-state index is 0.123. The average molecular weight is 463 g/mol. The average Bonchev–Trinajstić information content (AvgIpc) is 2.80. The number of rotatable bonds is 8. The quantitative estimate of drug-likeness (QED) is 0.554. The summed E-state index contributed by atoms with van der Waals surface area (Å²) in [5.74, 6) is -0.112. The summed E-state index contributed by atoms with van der Waals surface area (Å²) >= 11 is 12.0. The normalized spacial score (nSPS) is 15.2. The van der Waals surface area contributed by atoms with Crippen LogP contribution < -0.4 is 10.1 Å². The second-order valence-corrected chi connectivity index (χ2v) is 8.51. The summed E-state index contributed by atoms with van der Waals surface area (Å²) in [6, 6.07) is 13.8. The number of benzene rings is 2. The molecular weight excluding hydrogens is 435 g/mol. The molecular formula is C24H28Cl2N2O3. The first-order valence-corrected chi connectivity index (χ1v) is 11.5. The molecule has 166 valence electrons. The second kappa shape index (κ2) is 11.4. The second-order valence-electron chi connectivity index (χ2n) is 7.80. The Morgan fingerprint density at radius 2 is 1.84 bits per heavy atom. The van der Waals surface area contributed by atoms with Gasteiger partial charge in [-0.1, -0.05) is 55.1 Å². The van der Waals surface area contributed by atoms with Gasteiger partial charge < -0.3 is 15.0 Å². The minimum atomic E-state index is -0.820. The molecule has 0 spiro atoms. The molecule has 0 bridgehead atoms. The first kappa shape index (κ1) is 23.4. The standard InChI is InChI=1S/C24H28Cl2N2O3/c1-31-21-9-5-6-18(14-21)23(24(30)27-20-7-3-2-4-8-20)28(22(29)15-25)16-17-10-12-19(26)13-11-17/h5-6,9-14,20,23H,2-4,7-8,15-16H2,1H3,(H,27,30). The zero-order valence-corrected chi connectivity index (χ0v) is 19.2. The molecule has 3 rings (SSSR count). The Morgan fingerprint density at radius 3 is 2.48 bits per heavy atom. The molecule has 0 radical (unpaired) electrons. The number of nitrogens with one attached hydrogen (secondary N) is 1. The van der Waals surface area contributed by atoms with Crippen molar-refractivity contribution in [3.8, 4) is 5.75 Å². The van der Waals surface area contributed by atoms with E-state index in [1.165, 1.54) is 11.3 Å². The highest BCUT2D eigenvalue weighted by molar-refractivity contribution is 6.30. The van der Waals surface area contributed by atoms with Crippen molar-refractivity contribution in [3.05, 3.63) is 64.7 Å². The number of methoxy groups -OCH3 is 1. The fourth-order valence-electron chi connectivity index (χ4n) is 4.00. The molecule has 1 aliphatic rings. The van der Waals surface area contributed by atoms with E-state index in [-0.39, 0.29) is 30.3 Å². The summed E-state index contributed by atoms with van der Waals surface area (Å²) < 4.78 is 5.36. The number of alkyl halides is 1. The summed E-state index contributed by atoms with van der Waals surface area (Å²) in [7, 11) is 1.58. The lowest BCUT2D eigenvalue weighted by molar-refractivity contribution is -0.140. The maximum atomic E-state index is 13.5. The first-order valence-electron chi connectivity index (χ1n) is 10.6. The summed E-state index contributed by atoms with van der Waals surface area (Å²) in [6.45, 7) is 0.239. The summed E-state index contributed by atoms with van der Waals surface area (Å²) in [4.78, 5) is 27.9. The van der Waals surface area contributed by atoms with Crippen LogP contribution in [0.15, 0.2) is 48.5 Å². The lowest BCUT2D eigenvalue weighted by atomic mass is 9.94. The van der Waals surface area contributed by atoms with Crippen molar-refractivity contribution in [1.82, 2.24) is 10.2 Å². The molecule has 2 amide bonds. The van der Waals surface area contributed by atoms with Crippen LogP contribution in [0, 0.1) is 0 Å². The van der Waals surface area contributed by atoms with Crippen LogP contribution >= 0.6 is 23.2 Å². The number of hydrogen-bond acceptors (Lipinski definition) is 3. The van der Waals surface area contributed by atoms with Gasteiger partial charge in [-0.2, -0.15) is 0 Å². The van der Waals surface area contributed by atoms with Crippen LogP contribution in [0.5, 0.6) is 5.75 Å². The highest BCUT2D eigenvalue weighted by Crippen LogP contribution is 2.28. The van der Waals surface area contributed by atoms with E-state index in [1.807, 2.05) is 30.3 Å². The molecule has 2 aromatic rings. The number of nitrogens with zero attached hydrogens (tertiary/aromatic N) is 1. The fraction of sp³-hybridized carbons (Fsp3) is 0.417. The molecule has 0 saturated heterocycles. The van der Waals surface area contributed by atoms with Crippen LogP contribution in [0.2, 0.25) is 5.02 Å². The van der Waals surface area contributed by atoms with Gasteiger partial charge in [0.1, 0.15) is 17.7 Å². The van der Waals surface area contributed by atoms with Crippen LogP contribution in [0.25, 0.3) is 0 Å². The SMILES string of the molecule is COc1cccc(C(C(=O)NC2CCCCC2)N(Cc2ccc(Cl)cc2)C(=O)CCl)c1. The van der Waals surface area contributed by atoms with Crippen LogP contribution in [-0.4, -0.2) is 35.7 Å². The fourth-order valence-corrected chi connectivity index (χ4v) is 4.28. The Bertz CT molecular complexity index is 883. The number of amides is 2. The van der Waals surface area contributed by atoms with Gasteiger partial charge in [-0.05, 0) is 48.2 Å². The van der Waals surface area contributed by atoms with Crippen LogP contribution in [0.1, 0.15) is 49.3 Å². The van der Waals surface area contributed by atoms with Crippen molar-refractivity contribution in [2.75, 3.05) is 13.0 Å². The van der Waals surface area contributed by atoms with Gasteiger partial charge in [0.15, 0.2) is 0 Å². The molecule has 2 aromatic carbocycles. The molecule has 5 nitrogen and oxygen atoms in total. The zero-order valence-electron chi connectivity index (χ0n) is 17.7. The Balaban J connectivity index is 1.95. The third-order valence-corrected chi connectivity index (χ3v) is 6.10. The van der Waals surface area contributed by atoms with E-state index < -0.39 is 6.04 Å². The minimum Gasteiger partial charge on any atom is -0.497 e. The van der Waals surface area contributed by atoms with Gasteiger partial charge in [0, 0.05) is 17.6 Å². The monoisotopic (exact) mass is 462 g/mol. The van der Waals surface area contributed by atoms with Crippen molar-refractivity contribution >= 4 is 35.0 Å². The third kappa shape index (κ3) is 6.37. The van der Waals surface area contributed by atoms with Gasteiger partial charge in [0.2, 0.25) is 11.8 Å². The Labute approximate surface area is 193 Å². The van der Waals surface area contributed by atoms with Gasteiger partial charge in [-0.3, -0.25) is 9.59 Å². The molecule has 1 fully saturated rings. The van der Waals surface area contributed by atoms with E-state index in [0.717, 1.165) is 31.2 Å². The zero-order chi connectivity index (χ0) is 22.2. The molecule has 1 aliphatic carbocycles. The summed E-state index contributed by atoms with van der Waals surface area (Å²) in [5.41, 5.74) is 1.54. The molecule has 7 heteroatoms. The van der Waals surface area contributed by atoms with E-state index in [2.05, 4.69) is 5.32 Å². The number of carbonyl (C=O) groups is 2. The van der Waals surface area contributed by atoms with Crippen LogP contribution in [0.4, 0.5) is 0 Å². The molecule has 0 aliphatic heterocycles. The predicted octanol–water partition coefficient (Wildman–Crippen LogP) is 5.11. The highest BCUT2D eigenvalue weighted by atomic mass is 35.5.